The van der Waals surface area contributed by atoms with Crippen molar-refractivity contribution in [3.63, 3.8) is 0 Å². The summed E-state index contributed by atoms with van der Waals surface area (Å²) in [4.78, 5) is 3.73. The van der Waals surface area contributed by atoms with Gasteiger partial charge < -0.3 is 10.1 Å². The summed E-state index contributed by atoms with van der Waals surface area (Å²) < 4.78 is 19.2. The van der Waals surface area contributed by atoms with Crippen molar-refractivity contribution in [2.45, 2.75) is 6.04 Å². The number of hydrogen-bond donors (Lipinski definition) is 1. The molecule has 0 saturated carbocycles. The van der Waals surface area contributed by atoms with E-state index in [0.717, 1.165) is 0 Å². The Bertz CT molecular complexity index is 533. The van der Waals surface area contributed by atoms with Crippen LogP contribution in [0.3, 0.4) is 0 Å². The summed E-state index contributed by atoms with van der Waals surface area (Å²) >= 11 is 5.79. The molecule has 1 atom stereocenters. The monoisotopic (exact) mass is 280 g/mol. The molecule has 0 aliphatic heterocycles. The number of halogens is 2. The first kappa shape index (κ1) is 13.8. The Balaban J connectivity index is 2.04. The van der Waals surface area contributed by atoms with Gasteiger partial charge in [-0.3, -0.25) is 4.98 Å². The molecule has 0 saturated heterocycles. The van der Waals surface area contributed by atoms with Crippen molar-refractivity contribution < 1.29 is 9.13 Å². The third-order valence-corrected chi connectivity index (χ3v) is 3.01. The molecule has 0 radical (unpaired) electrons. The van der Waals surface area contributed by atoms with Gasteiger partial charge in [0.05, 0.1) is 12.2 Å². The van der Waals surface area contributed by atoms with Gasteiger partial charge in [-0.15, -0.1) is 0 Å². The number of benzene rings is 1. The fourth-order valence-electron chi connectivity index (χ4n) is 1.71. The van der Waals surface area contributed by atoms with Crippen LogP contribution in [0.15, 0.2) is 42.7 Å². The van der Waals surface area contributed by atoms with Crippen LogP contribution in [0.4, 0.5) is 4.39 Å². The van der Waals surface area contributed by atoms with Gasteiger partial charge in [0, 0.05) is 16.8 Å². The highest BCUT2D eigenvalue weighted by atomic mass is 35.5. The van der Waals surface area contributed by atoms with Crippen molar-refractivity contribution in [1.82, 2.24) is 10.3 Å². The van der Waals surface area contributed by atoms with Crippen LogP contribution in [-0.4, -0.2) is 18.6 Å². The number of hydrogen-bond acceptors (Lipinski definition) is 3. The van der Waals surface area contributed by atoms with E-state index in [9.17, 15) is 4.39 Å². The van der Waals surface area contributed by atoms with Gasteiger partial charge in [0.15, 0.2) is 0 Å². The Morgan fingerprint density at radius 1 is 1.32 bits per heavy atom. The minimum Gasteiger partial charge on any atom is -0.492 e. The van der Waals surface area contributed by atoms with Crippen LogP contribution >= 0.6 is 11.6 Å². The highest BCUT2D eigenvalue weighted by Crippen LogP contribution is 2.19. The molecule has 0 amide bonds. The molecule has 0 spiro atoms. The van der Waals surface area contributed by atoms with E-state index in [2.05, 4.69) is 10.3 Å². The first-order chi connectivity index (χ1) is 9.20. The topological polar surface area (TPSA) is 34.1 Å². The van der Waals surface area contributed by atoms with E-state index in [1.165, 1.54) is 6.20 Å². The summed E-state index contributed by atoms with van der Waals surface area (Å²) in [5.41, 5.74) is 0.534. The zero-order chi connectivity index (χ0) is 13.7. The largest absolute Gasteiger partial charge is 0.492 e. The predicted octanol–water partition coefficient (Wildman–Crippen LogP) is 3.21. The second-order valence-electron chi connectivity index (χ2n) is 4.00. The quantitative estimate of drug-likeness (QED) is 0.913. The third kappa shape index (κ3) is 3.66. The molecule has 0 bridgehead atoms. The Morgan fingerprint density at radius 3 is 2.68 bits per heavy atom. The highest BCUT2D eigenvalue weighted by Gasteiger charge is 2.14. The number of nitrogens with zero attached hydrogens (tertiary/aromatic N) is 1. The first-order valence-corrected chi connectivity index (χ1v) is 6.23. The standard InChI is InChI=1S/C14H14ClFN2O/c1-17-14(12-6-7-18-8-13(12)16)9-19-11-4-2-10(15)3-5-11/h2-8,14,17H,9H2,1H3. The fourth-order valence-corrected chi connectivity index (χ4v) is 1.83. The summed E-state index contributed by atoms with van der Waals surface area (Å²) in [6.07, 6.45) is 2.76. The average molecular weight is 281 g/mol. The molecule has 1 N–H and O–H groups in total. The molecule has 1 aromatic carbocycles. The third-order valence-electron chi connectivity index (χ3n) is 2.76. The van der Waals surface area contributed by atoms with Gasteiger partial charge in [-0.1, -0.05) is 11.6 Å². The van der Waals surface area contributed by atoms with Crippen molar-refractivity contribution in [3.8, 4) is 5.75 Å². The van der Waals surface area contributed by atoms with E-state index in [-0.39, 0.29) is 11.9 Å². The molecule has 1 aromatic heterocycles. The maximum Gasteiger partial charge on any atom is 0.146 e. The number of ether oxygens (including phenoxy) is 1. The van der Waals surface area contributed by atoms with E-state index < -0.39 is 0 Å². The molecule has 0 aliphatic rings. The van der Waals surface area contributed by atoms with Crippen LogP contribution in [-0.2, 0) is 0 Å². The molecule has 100 valence electrons. The molecule has 0 aliphatic carbocycles. The average Bonchev–Trinajstić information content (AvgIpc) is 2.43. The van der Waals surface area contributed by atoms with Crippen LogP contribution in [0, 0.1) is 5.82 Å². The normalized spacial score (nSPS) is 12.2. The molecule has 1 heterocycles. The van der Waals surface area contributed by atoms with Gasteiger partial charge in [-0.2, -0.15) is 0 Å². The predicted molar refractivity (Wildman–Crippen MR) is 72.9 cm³/mol. The number of aromatic nitrogens is 1. The molecule has 2 rings (SSSR count). The van der Waals surface area contributed by atoms with Crippen LogP contribution < -0.4 is 10.1 Å². The Kier molecular flexibility index (Phi) is 4.71. The van der Waals surface area contributed by atoms with Crippen molar-refractivity contribution >= 4 is 11.6 Å². The maximum atomic E-state index is 13.6. The molecule has 5 heteroatoms. The van der Waals surface area contributed by atoms with Crippen molar-refractivity contribution in [2.75, 3.05) is 13.7 Å². The zero-order valence-corrected chi connectivity index (χ0v) is 11.2. The van der Waals surface area contributed by atoms with E-state index >= 15 is 0 Å². The zero-order valence-electron chi connectivity index (χ0n) is 10.4. The molecular weight excluding hydrogens is 267 g/mol. The lowest BCUT2D eigenvalue weighted by Crippen LogP contribution is -2.24. The van der Waals surface area contributed by atoms with Crippen molar-refractivity contribution in [2.24, 2.45) is 0 Å². The molecular formula is C14H14ClFN2O. The summed E-state index contributed by atoms with van der Waals surface area (Å²) in [5.74, 6) is 0.348. The lowest BCUT2D eigenvalue weighted by Gasteiger charge is -2.17. The minimum absolute atomic E-state index is 0.237. The fraction of sp³-hybridized carbons (Fsp3) is 0.214. The summed E-state index contributed by atoms with van der Waals surface area (Å²) in [5, 5.41) is 3.67. The van der Waals surface area contributed by atoms with Gasteiger partial charge in [0.25, 0.3) is 0 Å². The van der Waals surface area contributed by atoms with Crippen LogP contribution in [0.25, 0.3) is 0 Å². The second kappa shape index (κ2) is 6.50. The number of pyridine rings is 1. The lowest BCUT2D eigenvalue weighted by atomic mass is 10.1. The summed E-state index contributed by atoms with van der Waals surface area (Å²) in [6, 6.07) is 8.45. The molecule has 0 fully saturated rings. The number of likely N-dealkylation sites (N-methyl/N-ethyl adjacent to an activating group) is 1. The van der Waals surface area contributed by atoms with Crippen molar-refractivity contribution in [1.29, 1.82) is 0 Å². The van der Waals surface area contributed by atoms with Crippen LogP contribution in [0.1, 0.15) is 11.6 Å². The van der Waals surface area contributed by atoms with Gasteiger partial charge in [-0.25, -0.2) is 4.39 Å². The highest BCUT2D eigenvalue weighted by molar-refractivity contribution is 6.30. The second-order valence-corrected chi connectivity index (χ2v) is 4.44. The number of rotatable bonds is 5. The van der Waals surface area contributed by atoms with Gasteiger partial charge >= 0.3 is 0 Å². The Hall–Kier alpha value is -1.65. The summed E-state index contributed by atoms with van der Waals surface area (Å²) in [7, 11) is 1.76. The van der Waals surface area contributed by atoms with Crippen LogP contribution in [0.5, 0.6) is 5.75 Å². The first-order valence-electron chi connectivity index (χ1n) is 5.85. The molecule has 19 heavy (non-hydrogen) atoms. The van der Waals surface area contributed by atoms with Crippen molar-refractivity contribution in [3.05, 3.63) is 59.1 Å². The van der Waals surface area contributed by atoms with Crippen LogP contribution in [0.2, 0.25) is 5.02 Å². The van der Waals surface area contributed by atoms with Gasteiger partial charge in [0.2, 0.25) is 0 Å². The van der Waals surface area contributed by atoms with E-state index in [4.69, 9.17) is 16.3 Å². The Labute approximate surface area is 116 Å². The lowest BCUT2D eigenvalue weighted by molar-refractivity contribution is 0.269. The SMILES string of the molecule is CNC(COc1ccc(Cl)cc1)c1ccncc1F. The molecule has 3 nitrogen and oxygen atoms in total. The summed E-state index contributed by atoms with van der Waals surface area (Å²) in [6.45, 7) is 0.319. The number of nitrogens with one attached hydrogen (secondary N) is 1. The Morgan fingerprint density at radius 2 is 2.05 bits per heavy atom. The maximum absolute atomic E-state index is 13.6. The van der Waals surface area contributed by atoms with E-state index in [1.807, 2.05) is 0 Å². The minimum atomic E-state index is -0.346. The molecule has 2 aromatic rings. The van der Waals surface area contributed by atoms with E-state index in [1.54, 1.807) is 43.6 Å². The molecule has 1 unspecified atom stereocenters. The van der Waals surface area contributed by atoms with Gasteiger partial charge in [-0.05, 0) is 37.4 Å². The smallest absolute Gasteiger partial charge is 0.146 e. The van der Waals surface area contributed by atoms with Gasteiger partial charge in [0.1, 0.15) is 18.2 Å². The van der Waals surface area contributed by atoms with E-state index in [0.29, 0.717) is 22.9 Å².